The highest BCUT2D eigenvalue weighted by atomic mass is 15.4. The SMILES string of the molecule is CCCCCn1nnc(N)c1CCC. The van der Waals surface area contributed by atoms with Gasteiger partial charge in [-0.05, 0) is 12.8 Å². The number of anilines is 1. The smallest absolute Gasteiger partial charge is 0.169 e. The second-order valence-electron chi connectivity index (χ2n) is 3.60. The van der Waals surface area contributed by atoms with Gasteiger partial charge in [-0.15, -0.1) is 5.10 Å². The van der Waals surface area contributed by atoms with Gasteiger partial charge < -0.3 is 5.73 Å². The van der Waals surface area contributed by atoms with Crippen LogP contribution in [0.15, 0.2) is 0 Å². The lowest BCUT2D eigenvalue weighted by molar-refractivity contribution is 0.518. The third-order valence-electron chi connectivity index (χ3n) is 2.33. The molecular formula is C10H20N4. The Balaban J connectivity index is 2.56. The Hall–Kier alpha value is -1.06. The summed E-state index contributed by atoms with van der Waals surface area (Å²) in [5.41, 5.74) is 6.84. The minimum atomic E-state index is 0.600. The number of unbranched alkanes of at least 4 members (excludes halogenated alkanes) is 2. The standard InChI is InChI=1S/C10H20N4/c1-3-5-6-8-14-9(7-4-2)10(11)12-13-14/h3-8,11H2,1-2H3. The first-order valence-corrected chi connectivity index (χ1v) is 5.47. The van der Waals surface area contributed by atoms with E-state index in [9.17, 15) is 0 Å². The number of rotatable bonds is 6. The van der Waals surface area contributed by atoms with Crippen molar-refractivity contribution >= 4 is 5.82 Å². The molecule has 0 aromatic carbocycles. The minimum Gasteiger partial charge on any atom is -0.381 e. The van der Waals surface area contributed by atoms with Crippen molar-refractivity contribution in [2.75, 3.05) is 5.73 Å². The third kappa shape index (κ3) is 2.72. The van der Waals surface area contributed by atoms with Crippen molar-refractivity contribution in [3.63, 3.8) is 0 Å². The van der Waals surface area contributed by atoms with E-state index in [1.807, 2.05) is 4.68 Å². The zero-order valence-corrected chi connectivity index (χ0v) is 9.16. The third-order valence-corrected chi connectivity index (χ3v) is 2.33. The van der Waals surface area contributed by atoms with E-state index in [1.54, 1.807) is 0 Å². The molecule has 80 valence electrons. The van der Waals surface area contributed by atoms with Crippen LogP contribution in [0.4, 0.5) is 5.82 Å². The van der Waals surface area contributed by atoms with Gasteiger partial charge in [0.25, 0.3) is 0 Å². The fourth-order valence-electron chi connectivity index (χ4n) is 1.53. The van der Waals surface area contributed by atoms with Crippen LogP contribution in [0.5, 0.6) is 0 Å². The topological polar surface area (TPSA) is 56.7 Å². The van der Waals surface area contributed by atoms with Gasteiger partial charge in [0, 0.05) is 6.54 Å². The van der Waals surface area contributed by atoms with Gasteiger partial charge in [-0.2, -0.15) is 0 Å². The van der Waals surface area contributed by atoms with Crippen LogP contribution in [0.2, 0.25) is 0 Å². The van der Waals surface area contributed by atoms with Crippen molar-refractivity contribution in [2.45, 2.75) is 52.5 Å². The van der Waals surface area contributed by atoms with Crippen LogP contribution in [0.1, 0.15) is 45.2 Å². The summed E-state index contributed by atoms with van der Waals surface area (Å²) in [5, 5.41) is 7.95. The predicted molar refractivity (Wildman–Crippen MR) is 58.0 cm³/mol. The molecule has 4 nitrogen and oxygen atoms in total. The summed E-state index contributed by atoms with van der Waals surface area (Å²) in [7, 11) is 0. The number of hydrogen-bond donors (Lipinski definition) is 1. The van der Waals surface area contributed by atoms with E-state index in [4.69, 9.17) is 5.73 Å². The fourth-order valence-corrected chi connectivity index (χ4v) is 1.53. The maximum absolute atomic E-state index is 5.74. The summed E-state index contributed by atoms with van der Waals surface area (Å²) in [6.45, 7) is 5.29. The van der Waals surface area contributed by atoms with Gasteiger partial charge in [-0.3, -0.25) is 0 Å². The van der Waals surface area contributed by atoms with Crippen molar-refractivity contribution in [3.8, 4) is 0 Å². The number of aryl methyl sites for hydroxylation is 1. The second kappa shape index (κ2) is 5.62. The zero-order chi connectivity index (χ0) is 10.4. The number of nitrogen functional groups attached to an aromatic ring is 1. The lowest BCUT2D eigenvalue weighted by Gasteiger charge is -2.04. The van der Waals surface area contributed by atoms with Gasteiger partial charge in [-0.25, -0.2) is 4.68 Å². The molecule has 2 N–H and O–H groups in total. The van der Waals surface area contributed by atoms with E-state index >= 15 is 0 Å². The number of aromatic nitrogens is 3. The van der Waals surface area contributed by atoms with E-state index < -0.39 is 0 Å². The Labute approximate surface area is 85.5 Å². The molecule has 0 spiro atoms. The molecule has 0 saturated carbocycles. The van der Waals surface area contributed by atoms with Crippen LogP contribution >= 0.6 is 0 Å². The van der Waals surface area contributed by atoms with E-state index in [2.05, 4.69) is 24.2 Å². The number of nitrogens with two attached hydrogens (primary N) is 1. The summed E-state index contributed by atoms with van der Waals surface area (Å²) < 4.78 is 1.95. The molecule has 0 radical (unpaired) electrons. The van der Waals surface area contributed by atoms with Crippen molar-refractivity contribution in [1.82, 2.24) is 15.0 Å². The lowest BCUT2D eigenvalue weighted by Crippen LogP contribution is -2.06. The molecule has 0 saturated heterocycles. The largest absolute Gasteiger partial charge is 0.381 e. The van der Waals surface area contributed by atoms with Crippen LogP contribution in [0.3, 0.4) is 0 Å². The van der Waals surface area contributed by atoms with E-state index in [-0.39, 0.29) is 0 Å². The maximum Gasteiger partial charge on any atom is 0.169 e. The number of nitrogens with zero attached hydrogens (tertiary/aromatic N) is 3. The molecule has 4 heteroatoms. The molecule has 1 aromatic heterocycles. The number of hydrogen-bond acceptors (Lipinski definition) is 3. The van der Waals surface area contributed by atoms with Crippen LogP contribution < -0.4 is 5.73 Å². The van der Waals surface area contributed by atoms with Gasteiger partial charge >= 0.3 is 0 Å². The maximum atomic E-state index is 5.74. The highest BCUT2D eigenvalue weighted by molar-refractivity contribution is 5.32. The first-order valence-electron chi connectivity index (χ1n) is 5.47. The summed E-state index contributed by atoms with van der Waals surface area (Å²) in [6.07, 6.45) is 5.70. The Kier molecular flexibility index (Phi) is 4.43. The molecule has 0 unspecified atom stereocenters. The molecule has 0 aliphatic heterocycles. The molecule has 1 heterocycles. The molecule has 0 atom stereocenters. The average Bonchev–Trinajstić information content (AvgIpc) is 2.51. The molecule has 0 bridgehead atoms. The van der Waals surface area contributed by atoms with Crippen molar-refractivity contribution < 1.29 is 0 Å². The van der Waals surface area contributed by atoms with Crippen LogP contribution in [0, 0.1) is 0 Å². The summed E-state index contributed by atoms with van der Waals surface area (Å²) >= 11 is 0. The van der Waals surface area contributed by atoms with E-state index in [0.29, 0.717) is 5.82 Å². The highest BCUT2D eigenvalue weighted by Crippen LogP contribution is 2.11. The predicted octanol–water partition coefficient (Wildman–Crippen LogP) is 2.00. The Bertz CT molecular complexity index is 267. The molecule has 14 heavy (non-hydrogen) atoms. The van der Waals surface area contributed by atoms with Gasteiger partial charge in [0.1, 0.15) is 0 Å². The fraction of sp³-hybridized carbons (Fsp3) is 0.800. The Morgan fingerprint density at radius 3 is 2.64 bits per heavy atom. The molecule has 0 aliphatic rings. The first-order chi connectivity index (χ1) is 6.79. The zero-order valence-electron chi connectivity index (χ0n) is 9.16. The second-order valence-corrected chi connectivity index (χ2v) is 3.60. The van der Waals surface area contributed by atoms with Crippen molar-refractivity contribution in [2.24, 2.45) is 0 Å². The van der Waals surface area contributed by atoms with Crippen LogP contribution in [0.25, 0.3) is 0 Å². The minimum absolute atomic E-state index is 0.600. The molecule has 0 fully saturated rings. The van der Waals surface area contributed by atoms with Crippen LogP contribution in [-0.4, -0.2) is 15.0 Å². The molecule has 1 rings (SSSR count). The average molecular weight is 196 g/mol. The Morgan fingerprint density at radius 1 is 1.21 bits per heavy atom. The molecule has 0 aliphatic carbocycles. The monoisotopic (exact) mass is 196 g/mol. The quantitative estimate of drug-likeness (QED) is 0.708. The van der Waals surface area contributed by atoms with E-state index in [0.717, 1.165) is 31.5 Å². The molecule has 0 amide bonds. The highest BCUT2D eigenvalue weighted by Gasteiger charge is 2.07. The van der Waals surface area contributed by atoms with Gasteiger partial charge in [-0.1, -0.05) is 38.3 Å². The van der Waals surface area contributed by atoms with E-state index in [1.165, 1.54) is 12.8 Å². The Morgan fingerprint density at radius 2 is 2.00 bits per heavy atom. The molecular weight excluding hydrogens is 176 g/mol. The summed E-state index contributed by atoms with van der Waals surface area (Å²) in [6, 6.07) is 0. The van der Waals surface area contributed by atoms with Crippen LogP contribution in [-0.2, 0) is 13.0 Å². The van der Waals surface area contributed by atoms with Gasteiger partial charge in [0.05, 0.1) is 5.69 Å². The summed E-state index contributed by atoms with van der Waals surface area (Å²) in [5.74, 6) is 0.600. The summed E-state index contributed by atoms with van der Waals surface area (Å²) in [4.78, 5) is 0. The normalized spacial score (nSPS) is 10.7. The first kappa shape index (κ1) is 11.0. The molecule has 1 aromatic rings. The van der Waals surface area contributed by atoms with Crippen molar-refractivity contribution in [1.29, 1.82) is 0 Å². The van der Waals surface area contributed by atoms with Gasteiger partial charge in [0.2, 0.25) is 0 Å². The van der Waals surface area contributed by atoms with Crippen molar-refractivity contribution in [3.05, 3.63) is 5.69 Å². The lowest BCUT2D eigenvalue weighted by atomic mass is 10.2. The van der Waals surface area contributed by atoms with Gasteiger partial charge in [0.15, 0.2) is 5.82 Å².